The molecule has 1 heteroatoms. The summed E-state index contributed by atoms with van der Waals surface area (Å²) in [4.78, 5) is 2.62. The molecule has 0 unspecified atom stereocenters. The summed E-state index contributed by atoms with van der Waals surface area (Å²) in [6, 6.07) is 1.85. The monoisotopic (exact) mass is 167 g/mol. The Morgan fingerprint density at radius 3 is 2.00 bits per heavy atom. The van der Waals surface area contributed by atoms with Crippen molar-refractivity contribution in [2.75, 3.05) is 7.05 Å². The molecule has 1 nitrogen and oxygen atoms in total. The maximum absolute atomic E-state index is 2.62. The zero-order valence-corrected chi connectivity index (χ0v) is 8.59. The van der Waals surface area contributed by atoms with Crippen LogP contribution < -0.4 is 0 Å². The van der Waals surface area contributed by atoms with Crippen LogP contribution in [0, 0.1) is 11.8 Å². The number of rotatable bonds is 1. The van der Waals surface area contributed by atoms with Gasteiger partial charge in [0.05, 0.1) is 0 Å². The van der Waals surface area contributed by atoms with Crippen LogP contribution in [0.1, 0.15) is 39.5 Å². The van der Waals surface area contributed by atoms with E-state index in [9.17, 15) is 0 Å². The number of piperidine rings is 1. The molecule has 0 saturated carbocycles. The molecule has 0 aromatic carbocycles. The molecule has 0 spiro atoms. The highest BCUT2D eigenvalue weighted by molar-refractivity contribution is 4.93. The Hall–Kier alpha value is -0.0400. The zero-order chi connectivity index (χ0) is 8.72. The molecule has 2 aliphatic rings. The zero-order valence-electron chi connectivity index (χ0n) is 8.59. The van der Waals surface area contributed by atoms with E-state index in [1.54, 1.807) is 0 Å². The fourth-order valence-electron chi connectivity index (χ4n) is 3.00. The largest absolute Gasteiger partial charge is 0.300 e. The van der Waals surface area contributed by atoms with Gasteiger partial charge in [0.2, 0.25) is 0 Å². The number of hydrogen-bond donors (Lipinski definition) is 0. The van der Waals surface area contributed by atoms with Gasteiger partial charge in [-0.15, -0.1) is 0 Å². The third-order valence-electron chi connectivity index (χ3n) is 4.08. The van der Waals surface area contributed by atoms with Crippen LogP contribution in [-0.4, -0.2) is 24.0 Å². The van der Waals surface area contributed by atoms with Gasteiger partial charge < -0.3 is 4.90 Å². The average molecular weight is 167 g/mol. The second-order valence-electron chi connectivity index (χ2n) is 5.03. The van der Waals surface area contributed by atoms with Gasteiger partial charge in [-0.1, -0.05) is 13.8 Å². The first-order valence-electron chi connectivity index (χ1n) is 5.40. The van der Waals surface area contributed by atoms with Gasteiger partial charge in [0.25, 0.3) is 0 Å². The van der Waals surface area contributed by atoms with Gasteiger partial charge in [-0.3, -0.25) is 0 Å². The van der Waals surface area contributed by atoms with E-state index in [2.05, 4.69) is 25.8 Å². The molecule has 0 aliphatic carbocycles. The quantitative estimate of drug-likeness (QED) is 0.580. The first-order valence-corrected chi connectivity index (χ1v) is 5.40. The van der Waals surface area contributed by atoms with Crippen molar-refractivity contribution in [3.05, 3.63) is 0 Å². The molecule has 0 aromatic rings. The van der Waals surface area contributed by atoms with Crippen molar-refractivity contribution in [1.82, 2.24) is 4.90 Å². The highest BCUT2D eigenvalue weighted by atomic mass is 15.2. The van der Waals surface area contributed by atoms with E-state index >= 15 is 0 Å². The molecule has 2 heterocycles. The highest BCUT2D eigenvalue weighted by Gasteiger charge is 2.38. The van der Waals surface area contributed by atoms with Crippen LogP contribution in [0.3, 0.4) is 0 Å². The molecule has 2 rings (SSSR count). The van der Waals surface area contributed by atoms with Crippen molar-refractivity contribution in [3.8, 4) is 0 Å². The van der Waals surface area contributed by atoms with Crippen LogP contribution in [0.15, 0.2) is 0 Å². The number of hydrogen-bond acceptors (Lipinski definition) is 1. The third kappa shape index (κ3) is 1.28. The fraction of sp³-hybridized carbons (Fsp3) is 1.00. The molecule has 2 saturated heterocycles. The maximum Gasteiger partial charge on any atom is 0.00984 e. The lowest BCUT2D eigenvalue weighted by Gasteiger charge is -2.38. The van der Waals surface area contributed by atoms with Crippen LogP contribution >= 0.6 is 0 Å². The molecule has 0 N–H and O–H groups in total. The Balaban J connectivity index is 2.02. The second kappa shape index (κ2) is 3.02. The fourth-order valence-corrected chi connectivity index (χ4v) is 3.00. The van der Waals surface area contributed by atoms with E-state index < -0.39 is 0 Å². The highest BCUT2D eigenvalue weighted by Crippen LogP contribution is 2.39. The summed E-state index contributed by atoms with van der Waals surface area (Å²) in [5, 5.41) is 0. The summed E-state index contributed by atoms with van der Waals surface area (Å²) in [5.74, 6) is 1.92. The Morgan fingerprint density at radius 2 is 1.58 bits per heavy atom. The van der Waals surface area contributed by atoms with Crippen molar-refractivity contribution in [1.29, 1.82) is 0 Å². The summed E-state index contributed by atoms with van der Waals surface area (Å²) < 4.78 is 0. The molecule has 2 aliphatic heterocycles. The van der Waals surface area contributed by atoms with Crippen LogP contribution in [0.5, 0.6) is 0 Å². The molecular weight excluding hydrogens is 146 g/mol. The second-order valence-corrected chi connectivity index (χ2v) is 5.03. The average Bonchev–Trinajstić information content (AvgIpc) is 2.30. The van der Waals surface area contributed by atoms with Gasteiger partial charge in [0.15, 0.2) is 0 Å². The molecule has 0 aromatic heterocycles. The van der Waals surface area contributed by atoms with Gasteiger partial charge in [-0.25, -0.2) is 0 Å². The Labute approximate surface area is 76.1 Å². The Bertz CT molecular complexity index is 150. The summed E-state index contributed by atoms with van der Waals surface area (Å²) in [6.07, 6.45) is 5.85. The number of nitrogens with zero attached hydrogens (tertiary/aromatic N) is 1. The molecule has 12 heavy (non-hydrogen) atoms. The molecule has 0 radical (unpaired) electrons. The van der Waals surface area contributed by atoms with Crippen LogP contribution in [-0.2, 0) is 0 Å². The van der Waals surface area contributed by atoms with Crippen molar-refractivity contribution < 1.29 is 0 Å². The van der Waals surface area contributed by atoms with E-state index in [4.69, 9.17) is 0 Å². The maximum atomic E-state index is 2.62. The molecule has 2 fully saturated rings. The van der Waals surface area contributed by atoms with Gasteiger partial charge in [0, 0.05) is 12.1 Å². The lowest BCUT2D eigenvalue weighted by molar-refractivity contribution is 0.111. The van der Waals surface area contributed by atoms with Crippen LogP contribution in [0.25, 0.3) is 0 Å². The lowest BCUT2D eigenvalue weighted by atomic mass is 9.83. The topological polar surface area (TPSA) is 3.24 Å². The summed E-state index contributed by atoms with van der Waals surface area (Å²) in [6.45, 7) is 4.77. The molecule has 2 bridgehead atoms. The minimum atomic E-state index is 0.904. The molecule has 70 valence electrons. The van der Waals surface area contributed by atoms with E-state index in [0.717, 1.165) is 23.9 Å². The van der Waals surface area contributed by atoms with E-state index in [1.165, 1.54) is 25.7 Å². The summed E-state index contributed by atoms with van der Waals surface area (Å²) in [7, 11) is 2.32. The van der Waals surface area contributed by atoms with E-state index in [-0.39, 0.29) is 0 Å². The van der Waals surface area contributed by atoms with E-state index in [0.29, 0.717) is 0 Å². The predicted molar refractivity (Wildman–Crippen MR) is 52.1 cm³/mol. The SMILES string of the molecule is CC(C)[C@H]1C[C@H]2CC[C@@H](C1)N2C. The van der Waals surface area contributed by atoms with Crippen molar-refractivity contribution in [2.45, 2.75) is 51.6 Å². The minimum absolute atomic E-state index is 0.904. The van der Waals surface area contributed by atoms with Crippen LogP contribution in [0.2, 0.25) is 0 Å². The summed E-state index contributed by atoms with van der Waals surface area (Å²) >= 11 is 0. The van der Waals surface area contributed by atoms with Crippen molar-refractivity contribution in [2.24, 2.45) is 11.8 Å². The molecular formula is C11H21N. The van der Waals surface area contributed by atoms with Gasteiger partial charge in [-0.2, -0.15) is 0 Å². The third-order valence-corrected chi connectivity index (χ3v) is 4.08. The Kier molecular flexibility index (Phi) is 2.16. The van der Waals surface area contributed by atoms with Gasteiger partial charge >= 0.3 is 0 Å². The number of fused-ring (bicyclic) bond motifs is 2. The minimum Gasteiger partial charge on any atom is -0.300 e. The van der Waals surface area contributed by atoms with Gasteiger partial charge in [0.1, 0.15) is 0 Å². The normalized spacial score (nSPS) is 42.5. The first kappa shape index (κ1) is 8.55. The first-order chi connectivity index (χ1) is 5.68. The van der Waals surface area contributed by atoms with E-state index in [1.807, 2.05) is 0 Å². The van der Waals surface area contributed by atoms with Gasteiger partial charge in [-0.05, 0) is 44.6 Å². The smallest absolute Gasteiger partial charge is 0.00984 e. The molecule has 3 atom stereocenters. The Morgan fingerprint density at radius 1 is 1.08 bits per heavy atom. The lowest BCUT2D eigenvalue weighted by Crippen LogP contribution is -2.41. The predicted octanol–water partition coefficient (Wildman–Crippen LogP) is 2.52. The summed E-state index contributed by atoms with van der Waals surface area (Å²) in [5.41, 5.74) is 0. The molecule has 0 amide bonds. The van der Waals surface area contributed by atoms with Crippen molar-refractivity contribution >= 4 is 0 Å². The van der Waals surface area contributed by atoms with Crippen molar-refractivity contribution in [3.63, 3.8) is 0 Å². The van der Waals surface area contributed by atoms with Crippen LogP contribution in [0.4, 0.5) is 0 Å². The standard InChI is InChI=1S/C11H21N/c1-8(2)9-6-10-4-5-11(7-9)12(10)3/h8-11H,4-7H2,1-3H3/t9-,10+,11-.